The number of H-pyrrole nitrogens is 1. The van der Waals surface area contributed by atoms with Crippen LogP contribution in [0.3, 0.4) is 0 Å². The van der Waals surface area contributed by atoms with Gasteiger partial charge in [0.25, 0.3) is 0 Å². The summed E-state index contributed by atoms with van der Waals surface area (Å²) in [6.45, 7) is 3.76. The van der Waals surface area contributed by atoms with Gasteiger partial charge in [-0.3, -0.25) is 9.89 Å². The lowest BCUT2D eigenvalue weighted by Crippen LogP contribution is -2.34. The average Bonchev–Trinajstić information content (AvgIpc) is 3.45. The van der Waals surface area contributed by atoms with Gasteiger partial charge in [-0.15, -0.1) is 0 Å². The first-order valence-electron chi connectivity index (χ1n) is 10.9. The number of aromatic amines is 1. The fraction of sp³-hybridized carbons (Fsp3) is 0.545. The second-order valence-electron chi connectivity index (χ2n) is 9.05. The standard InChI is InChI=1S/C22H25F3N4O2S/c1-13(30)28-7-6-18-20(12-28)26-27-21(18)32(31)29-10-15-8-14(9-16(15)11-29)17-4-2-3-5-19(17)22(23,24)25/h2-5,14-16H,6-12H2,1H3,(H,26,27). The van der Waals surface area contributed by atoms with E-state index in [1.165, 1.54) is 19.1 Å². The first-order valence-corrected chi connectivity index (χ1v) is 12.0. The van der Waals surface area contributed by atoms with E-state index in [0.29, 0.717) is 56.0 Å². The number of fused-ring (bicyclic) bond motifs is 2. The third-order valence-corrected chi connectivity index (χ3v) is 8.60. The molecule has 3 atom stereocenters. The molecule has 1 amide bonds. The number of halogens is 3. The molecule has 0 radical (unpaired) electrons. The van der Waals surface area contributed by atoms with Crippen LogP contribution < -0.4 is 0 Å². The number of rotatable bonds is 3. The second-order valence-corrected chi connectivity index (χ2v) is 10.4. The first kappa shape index (κ1) is 21.6. The van der Waals surface area contributed by atoms with Gasteiger partial charge in [-0.2, -0.15) is 18.3 Å². The van der Waals surface area contributed by atoms with Crippen molar-refractivity contribution in [2.45, 2.75) is 49.9 Å². The quantitative estimate of drug-likeness (QED) is 0.753. The molecule has 10 heteroatoms. The zero-order chi connectivity index (χ0) is 22.6. The number of benzene rings is 1. The van der Waals surface area contributed by atoms with E-state index in [1.54, 1.807) is 17.0 Å². The van der Waals surface area contributed by atoms with Crippen LogP contribution in [0.2, 0.25) is 0 Å². The largest absolute Gasteiger partial charge is 0.416 e. The Morgan fingerprint density at radius 3 is 2.53 bits per heavy atom. The molecule has 1 N–H and O–H groups in total. The number of hydrogen-bond acceptors (Lipinski definition) is 3. The van der Waals surface area contributed by atoms with E-state index in [2.05, 4.69) is 10.2 Å². The number of amides is 1. The fourth-order valence-electron chi connectivity index (χ4n) is 5.58. The Balaban J connectivity index is 1.27. The molecule has 1 aromatic heterocycles. The van der Waals surface area contributed by atoms with Crippen molar-refractivity contribution in [3.8, 4) is 0 Å². The lowest BCUT2D eigenvalue weighted by molar-refractivity contribution is -0.138. The van der Waals surface area contributed by atoms with Gasteiger partial charge in [-0.25, -0.2) is 8.51 Å². The van der Waals surface area contributed by atoms with Crippen molar-refractivity contribution in [3.63, 3.8) is 0 Å². The molecule has 1 aromatic carbocycles. The van der Waals surface area contributed by atoms with Gasteiger partial charge in [-0.05, 0) is 48.6 Å². The minimum Gasteiger partial charge on any atom is -0.337 e. The number of hydrogen-bond donors (Lipinski definition) is 1. The SMILES string of the molecule is CC(=O)N1CCc2c(S(=O)N3CC4CC(c5ccccc5C(F)(F)F)CC4C3)n[nH]c2C1. The maximum absolute atomic E-state index is 13.4. The van der Waals surface area contributed by atoms with Gasteiger partial charge < -0.3 is 4.90 Å². The number of carbonyl (C=O) groups excluding carboxylic acids is 1. The molecular formula is C22H25F3N4O2S. The molecule has 3 heterocycles. The predicted octanol–water partition coefficient (Wildman–Crippen LogP) is 3.48. The third-order valence-electron chi connectivity index (χ3n) is 7.16. The van der Waals surface area contributed by atoms with E-state index < -0.39 is 22.7 Å². The summed E-state index contributed by atoms with van der Waals surface area (Å²) in [7, 11) is -1.41. The molecule has 6 nitrogen and oxygen atoms in total. The van der Waals surface area contributed by atoms with Crippen molar-refractivity contribution in [2.75, 3.05) is 19.6 Å². The van der Waals surface area contributed by atoms with Crippen molar-refractivity contribution in [1.29, 1.82) is 0 Å². The zero-order valence-corrected chi connectivity index (χ0v) is 18.5. The van der Waals surface area contributed by atoms with Crippen LogP contribution in [-0.4, -0.2) is 49.2 Å². The number of nitrogens with zero attached hydrogens (tertiary/aromatic N) is 3. The first-order chi connectivity index (χ1) is 15.2. The molecule has 2 aromatic rings. The van der Waals surface area contributed by atoms with Crippen molar-refractivity contribution in [2.24, 2.45) is 11.8 Å². The van der Waals surface area contributed by atoms with E-state index in [4.69, 9.17) is 0 Å². The molecule has 32 heavy (non-hydrogen) atoms. The van der Waals surface area contributed by atoms with Crippen LogP contribution in [-0.2, 0) is 34.9 Å². The van der Waals surface area contributed by atoms with E-state index in [0.717, 1.165) is 11.3 Å². The minimum atomic E-state index is -4.35. The highest BCUT2D eigenvalue weighted by Crippen LogP contribution is 2.49. The summed E-state index contributed by atoms with van der Waals surface area (Å²) >= 11 is 0. The molecule has 1 saturated carbocycles. The molecule has 2 aliphatic heterocycles. The lowest BCUT2D eigenvalue weighted by Gasteiger charge is -2.26. The van der Waals surface area contributed by atoms with Crippen LogP contribution in [0, 0.1) is 11.8 Å². The van der Waals surface area contributed by atoms with Gasteiger partial charge in [0.1, 0.15) is 11.0 Å². The topological polar surface area (TPSA) is 69.3 Å². The van der Waals surface area contributed by atoms with Crippen LogP contribution in [0.15, 0.2) is 29.3 Å². The van der Waals surface area contributed by atoms with Crippen LogP contribution in [0.1, 0.15) is 48.1 Å². The van der Waals surface area contributed by atoms with Crippen LogP contribution >= 0.6 is 0 Å². The Morgan fingerprint density at radius 2 is 1.88 bits per heavy atom. The molecule has 172 valence electrons. The number of aromatic nitrogens is 2. The van der Waals surface area contributed by atoms with Crippen LogP contribution in [0.25, 0.3) is 0 Å². The van der Waals surface area contributed by atoms with Crippen molar-refractivity contribution < 1.29 is 22.2 Å². The van der Waals surface area contributed by atoms with E-state index in [-0.39, 0.29) is 23.7 Å². The van der Waals surface area contributed by atoms with Crippen LogP contribution in [0.5, 0.6) is 0 Å². The van der Waals surface area contributed by atoms with Crippen molar-refractivity contribution in [1.82, 2.24) is 19.4 Å². The number of nitrogens with one attached hydrogen (secondary N) is 1. The third kappa shape index (κ3) is 3.77. The van der Waals surface area contributed by atoms with Crippen LogP contribution in [0.4, 0.5) is 13.2 Å². The summed E-state index contributed by atoms with van der Waals surface area (Å²) in [5.41, 5.74) is 1.61. The summed E-state index contributed by atoms with van der Waals surface area (Å²) in [5, 5.41) is 7.78. The minimum absolute atomic E-state index is 0.00180. The Labute approximate surface area is 186 Å². The number of alkyl halides is 3. The van der Waals surface area contributed by atoms with Gasteiger partial charge in [0.05, 0.1) is 17.8 Å². The molecule has 1 saturated heterocycles. The fourth-order valence-corrected chi connectivity index (χ4v) is 7.04. The Kier molecular flexibility index (Phi) is 5.40. The molecule has 3 aliphatic rings. The highest BCUT2D eigenvalue weighted by Gasteiger charge is 2.46. The smallest absolute Gasteiger partial charge is 0.337 e. The normalized spacial score (nSPS) is 26.8. The maximum Gasteiger partial charge on any atom is 0.416 e. The average molecular weight is 467 g/mol. The van der Waals surface area contributed by atoms with Crippen molar-refractivity contribution >= 4 is 16.9 Å². The van der Waals surface area contributed by atoms with E-state index in [9.17, 15) is 22.2 Å². The maximum atomic E-state index is 13.4. The van der Waals surface area contributed by atoms with Gasteiger partial charge in [0.15, 0.2) is 5.03 Å². The van der Waals surface area contributed by atoms with Gasteiger partial charge >= 0.3 is 6.18 Å². The summed E-state index contributed by atoms with van der Waals surface area (Å²) in [4.78, 5) is 13.4. The molecule has 0 bridgehead atoms. The van der Waals surface area contributed by atoms with Gasteiger partial charge in [0.2, 0.25) is 5.91 Å². The molecule has 0 spiro atoms. The van der Waals surface area contributed by atoms with Crippen molar-refractivity contribution in [3.05, 3.63) is 46.6 Å². The summed E-state index contributed by atoms with van der Waals surface area (Å²) < 4.78 is 55.5. The summed E-state index contributed by atoms with van der Waals surface area (Å²) in [6, 6.07) is 5.88. The van der Waals surface area contributed by atoms with Gasteiger partial charge in [0, 0.05) is 32.1 Å². The highest BCUT2D eigenvalue weighted by atomic mass is 32.2. The van der Waals surface area contributed by atoms with E-state index in [1.807, 2.05) is 4.31 Å². The molecule has 5 rings (SSSR count). The zero-order valence-electron chi connectivity index (χ0n) is 17.7. The summed E-state index contributed by atoms with van der Waals surface area (Å²) in [5.74, 6) is 0.345. The predicted molar refractivity (Wildman–Crippen MR) is 112 cm³/mol. The Bertz CT molecular complexity index is 1060. The molecule has 3 unspecified atom stereocenters. The monoisotopic (exact) mass is 466 g/mol. The summed E-state index contributed by atoms with van der Waals surface area (Å²) in [6.07, 6.45) is -2.38. The number of carbonyl (C=O) groups is 1. The Hall–Kier alpha value is -2.20. The van der Waals surface area contributed by atoms with Gasteiger partial charge in [-0.1, -0.05) is 18.2 Å². The molecular weight excluding hydrogens is 441 g/mol. The molecule has 2 fully saturated rings. The van der Waals surface area contributed by atoms with E-state index >= 15 is 0 Å². The Morgan fingerprint density at radius 1 is 1.19 bits per heavy atom. The second kappa shape index (κ2) is 7.98. The lowest BCUT2D eigenvalue weighted by atomic mass is 9.91. The molecule has 1 aliphatic carbocycles. The highest BCUT2D eigenvalue weighted by molar-refractivity contribution is 7.82.